The smallest absolute Gasteiger partial charge is 0.264 e. The van der Waals surface area contributed by atoms with Crippen molar-refractivity contribution < 1.29 is 14.0 Å². The summed E-state index contributed by atoms with van der Waals surface area (Å²) in [5.74, 6) is -1.03. The van der Waals surface area contributed by atoms with Crippen LogP contribution in [0.1, 0.15) is 20.8 Å². The number of nitrogens with zero attached hydrogens (tertiary/aromatic N) is 1. The number of nitrogens with one attached hydrogen (secondary N) is 2. The molecule has 25 heavy (non-hydrogen) atoms. The number of hydrogen-bond donors (Lipinski definition) is 2. The van der Waals surface area contributed by atoms with Crippen LogP contribution in [0.25, 0.3) is 0 Å². The fourth-order valence-corrected chi connectivity index (χ4v) is 3.41. The number of hydrogen-bond acceptors (Lipinski definition) is 4. The molecule has 0 spiro atoms. The van der Waals surface area contributed by atoms with Crippen LogP contribution < -0.4 is 10.6 Å². The summed E-state index contributed by atoms with van der Waals surface area (Å²) >= 11 is 1.32. The van der Waals surface area contributed by atoms with Crippen LogP contribution in [0.3, 0.4) is 0 Å². The molecular formula is C17H19ClFN3O2S. The van der Waals surface area contributed by atoms with Crippen molar-refractivity contribution in [1.29, 1.82) is 0 Å². The van der Waals surface area contributed by atoms with Crippen molar-refractivity contribution in [3.8, 4) is 0 Å². The molecule has 2 amide bonds. The molecule has 1 aliphatic rings. The number of rotatable bonds is 4. The zero-order valence-corrected chi connectivity index (χ0v) is 15.3. The first-order valence-electron chi connectivity index (χ1n) is 7.66. The normalized spacial score (nSPS) is 12.7. The highest BCUT2D eigenvalue weighted by atomic mass is 35.5. The van der Waals surface area contributed by atoms with Gasteiger partial charge in [0.05, 0.1) is 17.1 Å². The van der Waals surface area contributed by atoms with Gasteiger partial charge in [0, 0.05) is 13.6 Å². The van der Waals surface area contributed by atoms with Crippen LogP contribution in [0.2, 0.25) is 0 Å². The van der Waals surface area contributed by atoms with Gasteiger partial charge >= 0.3 is 0 Å². The standard InChI is InChI=1S/C17H18FN3O2S.ClH/c1-21(17(23)14-3-2-8-24-14)10-15(22)20-13-5-4-11-9-19-7-6-12(11)16(13)18;/h2-5,8,19H,6-7,9-10H2,1H3,(H,20,22);1H. The Morgan fingerprint density at radius 3 is 2.88 bits per heavy atom. The van der Waals surface area contributed by atoms with Crippen molar-refractivity contribution in [3.63, 3.8) is 0 Å². The van der Waals surface area contributed by atoms with E-state index in [9.17, 15) is 14.0 Å². The minimum absolute atomic E-state index is 0. The Morgan fingerprint density at radius 2 is 2.16 bits per heavy atom. The maximum atomic E-state index is 14.5. The summed E-state index contributed by atoms with van der Waals surface area (Å²) in [6, 6.07) is 6.88. The number of carbonyl (C=O) groups is 2. The summed E-state index contributed by atoms with van der Waals surface area (Å²) in [6.45, 7) is 1.23. The summed E-state index contributed by atoms with van der Waals surface area (Å²) in [6.07, 6.45) is 0.599. The first-order valence-corrected chi connectivity index (χ1v) is 8.54. The van der Waals surface area contributed by atoms with Gasteiger partial charge in [0.25, 0.3) is 5.91 Å². The lowest BCUT2D eigenvalue weighted by atomic mass is 9.99. The monoisotopic (exact) mass is 383 g/mol. The van der Waals surface area contributed by atoms with Crippen LogP contribution in [0.5, 0.6) is 0 Å². The average molecular weight is 384 g/mol. The molecule has 0 fully saturated rings. The Kier molecular flexibility index (Phi) is 6.52. The third kappa shape index (κ3) is 4.36. The summed E-state index contributed by atoms with van der Waals surface area (Å²) < 4.78 is 14.5. The van der Waals surface area contributed by atoms with Gasteiger partial charge in [-0.1, -0.05) is 12.1 Å². The lowest BCUT2D eigenvalue weighted by molar-refractivity contribution is -0.116. The van der Waals surface area contributed by atoms with Crippen molar-refractivity contribution in [2.75, 3.05) is 25.5 Å². The third-order valence-electron chi connectivity index (χ3n) is 3.94. The summed E-state index contributed by atoms with van der Waals surface area (Å²) in [7, 11) is 1.55. The number of anilines is 1. The number of fused-ring (bicyclic) bond motifs is 1. The number of benzene rings is 1. The van der Waals surface area contributed by atoms with E-state index in [4.69, 9.17) is 0 Å². The highest BCUT2D eigenvalue weighted by Gasteiger charge is 2.19. The summed E-state index contributed by atoms with van der Waals surface area (Å²) in [4.78, 5) is 26.2. The van der Waals surface area contributed by atoms with E-state index in [0.29, 0.717) is 23.4 Å². The molecule has 2 N–H and O–H groups in total. The summed E-state index contributed by atoms with van der Waals surface area (Å²) in [5.41, 5.74) is 1.73. The first-order chi connectivity index (χ1) is 11.6. The van der Waals surface area contributed by atoms with Crippen LogP contribution in [0, 0.1) is 5.82 Å². The first kappa shape index (κ1) is 19.4. The van der Waals surface area contributed by atoms with Gasteiger partial charge in [-0.05, 0) is 41.6 Å². The van der Waals surface area contributed by atoms with Crippen molar-refractivity contribution in [3.05, 3.63) is 51.5 Å². The molecule has 134 valence electrons. The molecule has 0 aliphatic carbocycles. The molecule has 3 rings (SSSR count). The molecular weight excluding hydrogens is 365 g/mol. The van der Waals surface area contributed by atoms with E-state index in [2.05, 4.69) is 10.6 Å². The molecule has 2 aromatic rings. The predicted molar refractivity (Wildman–Crippen MR) is 99.0 cm³/mol. The van der Waals surface area contributed by atoms with Gasteiger partial charge in [0.15, 0.2) is 0 Å². The fourth-order valence-electron chi connectivity index (χ4n) is 2.70. The molecule has 1 aromatic carbocycles. The topological polar surface area (TPSA) is 61.4 Å². The molecule has 2 heterocycles. The minimum atomic E-state index is -0.421. The number of amides is 2. The molecule has 8 heteroatoms. The Bertz CT molecular complexity index is 768. The van der Waals surface area contributed by atoms with Gasteiger partial charge in [-0.25, -0.2) is 4.39 Å². The Labute approximate surface area is 155 Å². The second kappa shape index (κ2) is 8.42. The quantitative estimate of drug-likeness (QED) is 0.853. The van der Waals surface area contributed by atoms with E-state index in [-0.39, 0.29) is 36.4 Å². The zero-order valence-electron chi connectivity index (χ0n) is 13.7. The van der Waals surface area contributed by atoms with Gasteiger partial charge in [-0.2, -0.15) is 0 Å². The predicted octanol–water partition coefficient (Wildman–Crippen LogP) is 2.67. The number of carbonyl (C=O) groups excluding carboxylic acids is 2. The number of likely N-dealkylation sites (N-methyl/N-ethyl adjacent to an activating group) is 1. The molecule has 0 saturated heterocycles. The molecule has 1 aliphatic heterocycles. The lowest BCUT2D eigenvalue weighted by Crippen LogP contribution is -2.34. The highest BCUT2D eigenvalue weighted by molar-refractivity contribution is 7.12. The second-order valence-electron chi connectivity index (χ2n) is 5.68. The van der Waals surface area contributed by atoms with E-state index in [1.54, 1.807) is 30.6 Å². The molecule has 0 saturated carbocycles. The van der Waals surface area contributed by atoms with E-state index < -0.39 is 5.91 Å². The Morgan fingerprint density at radius 1 is 1.36 bits per heavy atom. The van der Waals surface area contributed by atoms with E-state index >= 15 is 0 Å². The minimum Gasteiger partial charge on any atom is -0.332 e. The molecule has 0 unspecified atom stereocenters. The van der Waals surface area contributed by atoms with Gasteiger partial charge in [0.2, 0.25) is 5.91 Å². The van der Waals surface area contributed by atoms with Crippen LogP contribution in [-0.4, -0.2) is 36.9 Å². The van der Waals surface area contributed by atoms with Crippen molar-refractivity contribution in [1.82, 2.24) is 10.2 Å². The largest absolute Gasteiger partial charge is 0.332 e. The van der Waals surface area contributed by atoms with Gasteiger partial charge in [-0.3, -0.25) is 9.59 Å². The molecule has 0 radical (unpaired) electrons. The fraction of sp³-hybridized carbons (Fsp3) is 0.294. The van der Waals surface area contributed by atoms with Gasteiger partial charge in [-0.15, -0.1) is 23.7 Å². The average Bonchev–Trinajstić information content (AvgIpc) is 3.11. The van der Waals surface area contributed by atoms with Crippen molar-refractivity contribution >= 4 is 41.2 Å². The molecule has 1 aromatic heterocycles. The second-order valence-corrected chi connectivity index (χ2v) is 6.63. The maximum Gasteiger partial charge on any atom is 0.264 e. The van der Waals surface area contributed by atoms with E-state index in [1.807, 2.05) is 6.07 Å². The van der Waals surface area contributed by atoms with Gasteiger partial charge < -0.3 is 15.5 Å². The van der Waals surface area contributed by atoms with E-state index in [1.165, 1.54) is 16.2 Å². The number of halogens is 2. The third-order valence-corrected chi connectivity index (χ3v) is 4.80. The Hall–Kier alpha value is -1.96. The molecule has 5 nitrogen and oxygen atoms in total. The molecule has 0 bridgehead atoms. The number of thiophene rings is 1. The van der Waals surface area contributed by atoms with Crippen LogP contribution >= 0.6 is 23.7 Å². The maximum absolute atomic E-state index is 14.5. The van der Waals surface area contributed by atoms with Crippen molar-refractivity contribution in [2.24, 2.45) is 0 Å². The molecule has 0 atom stereocenters. The summed E-state index contributed by atoms with van der Waals surface area (Å²) in [5, 5.41) is 7.55. The van der Waals surface area contributed by atoms with Crippen LogP contribution in [0.15, 0.2) is 29.6 Å². The van der Waals surface area contributed by atoms with Crippen molar-refractivity contribution in [2.45, 2.75) is 13.0 Å². The van der Waals surface area contributed by atoms with Crippen LogP contribution in [0.4, 0.5) is 10.1 Å². The van der Waals surface area contributed by atoms with Crippen LogP contribution in [-0.2, 0) is 17.8 Å². The Balaban J connectivity index is 0.00000225. The lowest BCUT2D eigenvalue weighted by Gasteiger charge is -2.20. The van der Waals surface area contributed by atoms with Gasteiger partial charge in [0.1, 0.15) is 5.82 Å². The highest BCUT2D eigenvalue weighted by Crippen LogP contribution is 2.24. The SMILES string of the molecule is CN(CC(=O)Nc1ccc2c(c1F)CCNC2)C(=O)c1cccs1.Cl. The van der Waals surface area contributed by atoms with E-state index in [0.717, 1.165) is 12.1 Å². The zero-order chi connectivity index (χ0) is 17.1.